The summed E-state index contributed by atoms with van der Waals surface area (Å²) in [5.74, 6) is 2.88. The van der Waals surface area contributed by atoms with Crippen molar-refractivity contribution in [3.8, 4) is 0 Å². The molecule has 0 aliphatic heterocycles. The first-order valence-electron chi connectivity index (χ1n) is 25.1. The van der Waals surface area contributed by atoms with E-state index in [1.165, 1.54) is 238 Å². The van der Waals surface area contributed by atoms with Crippen molar-refractivity contribution in [3.63, 3.8) is 0 Å². The smallest absolute Gasteiger partial charge is 0.152 e. The van der Waals surface area contributed by atoms with Gasteiger partial charge in [0.2, 0.25) is 0 Å². The van der Waals surface area contributed by atoms with Gasteiger partial charge in [-0.3, -0.25) is 0 Å². The van der Waals surface area contributed by atoms with E-state index in [-0.39, 0.29) is 0 Å². The first-order chi connectivity index (χ1) is 27.2. The molecule has 1 heterocycles. The van der Waals surface area contributed by atoms with Crippen molar-refractivity contribution in [1.82, 2.24) is 14.9 Å². The van der Waals surface area contributed by atoms with Crippen LogP contribution in [0.15, 0.2) is 12.5 Å². The molecule has 0 aliphatic rings. The molecule has 0 fully saturated rings. The fourth-order valence-electron chi connectivity index (χ4n) is 8.72. The molecular weight excluding hydrogens is 671 g/mol. The minimum Gasteiger partial charge on any atom is -0.384 e. The highest BCUT2D eigenvalue weighted by atomic mass is 15.1. The molecular formula is C50H99N5. The Bertz CT molecular complexity index is 877. The van der Waals surface area contributed by atoms with Gasteiger partial charge >= 0.3 is 0 Å². The van der Waals surface area contributed by atoms with Crippen LogP contribution >= 0.6 is 0 Å². The molecule has 0 saturated heterocycles. The number of nitrogens with one attached hydrogen (secondary N) is 2. The lowest BCUT2D eigenvalue weighted by Gasteiger charge is -2.23. The van der Waals surface area contributed by atoms with Gasteiger partial charge in [-0.15, -0.1) is 0 Å². The number of nitrogens with zero attached hydrogens (tertiary/aromatic N) is 3. The summed E-state index contributed by atoms with van der Waals surface area (Å²) in [5.41, 5.74) is 0.975. The zero-order valence-electron chi connectivity index (χ0n) is 38.2. The van der Waals surface area contributed by atoms with Crippen molar-refractivity contribution >= 4 is 11.5 Å². The summed E-state index contributed by atoms with van der Waals surface area (Å²) in [7, 11) is 1.94. The number of aromatic nitrogens is 2. The van der Waals surface area contributed by atoms with Gasteiger partial charge in [0.25, 0.3) is 0 Å². The van der Waals surface area contributed by atoms with Crippen LogP contribution in [0.25, 0.3) is 0 Å². The van der Waals surface area contributed by atoms with Crippen molar-refractivity contribution in [2.24, 2.45) is 11.8 Å². The highest BCUT2D eigenvalue weighted by Crippen LogP contribution is 2.25. The van der Waals surface area contributed by atoms with Crippen LogP contribution in [-0.4, -0.2) is 48.1 Å². The third-order valence-electron chi connectivity index (χ3n) is 12.6. The topological polar surface area (TPSA) is 53.1 Å². The van der Waals surface area contributed by atoms with E-state index in [4.69, 9.17) is 0 Å². The standard InChI is InChI=1S/C50H99N5/c1-6-10-13-16-21-28-36-47(9-4)37-29-24-19-26-33-42-55(44-35-41-53-50-49(51-5)45-52-46-54-50)43-34-27-20-25-32-40-48(38-30-22-17-14-11-7-2)39-31-23-18-15-12-8-3/h45-48,51H,6-44H2,1-5H3,(H,52,53,54). The van der Waals surface area contributed by atoms with Gasteiger partial charge < -0.3 is 15.5 Å². The molecule has 55 heavy (non-hydrogen) atoms. The van der Waals surface area contributed by atoms with Crippen LogP contribution in [0, 0.1) is 11.8 Å². The van der Waals surface area contributed by atoms with E-state index in [0.29, 0.717) is 0 Å². The fraction of sp³-hybridized carbons (Fsp3) is 0.920. The number of rotatable bonds is 44. The average Bonchev–Trinajstić information content (AvgIpc) is 3.21. The minimum absolute atomic E-state index is 0.919. The fourth-order valence-corrected chi connectivity index (χ4v) is 8.72. The molecule has 1 atom stereocenters. The summed E-state index contributed by atoms with van der Waals surface area (Å²) in [4.78, 5) is 11.4. The summed E-state index contributed by atoms with van der Waals surface area (Å²) in [6, 6.07) is 0. The highest BCUT2D eigenvalue weighted by Gasteiger charge is 2.11. The highest BCUT2D eigenvalue weighted by molar-refractivity contribution is 5.62. The first-order valence-corrected chi connectivity index (χ1v) is 25.1. The van der Waals surface area contributed by atoms with Crippen molar-refractivity contribution in [3.05, 3.63) is 12.5 Å². The van der Waals surface area contributed by atoms with E-state index >= 15 is 0 Å². The summed E-state index contributed by atoms with van der Waals surface area (Å²) < 4.78 is 0. The molecule has 0 aromatic carbocycles. The third kappa shape index (κ3) is 32.3. The molecule has 0 radical (unpaired) electrons. The van der Waals surface area contributed by atoms with Crippen molar-refractivity contribution in [2.45, 2.75) is 252 Å². The number of anilines is 2. The van der Waals surface area contributed by atoms with Crippen molar-refractivity contribution in [2.75, 3.05) is 43.9 Å². The summed E-state index contributed by atoms with van der Waals surface area (Å²) >= 11 is 0. The van der Waals surface area contributed by atoms with Crippen LogP contribution in [-0.2, 0) is 0 Å². The molecule has 0 saturated carbocycles. The Morgan fingerprint density at radius 2 is 0.855 bits per heavy atom. The molecule has 1 unspecified atom stereocenters. The average molecular weight is 770 g/mol. The maximum Gasteiger partial charge on any atom is 0.152 e. The summed E-state index contributed by atoms with van der Waals surface area (Å²) in [5, 5.41) is 6.77. The quantitative estimate of drug-likeness (QED) is 0.0648. The summed E-state index contributed by atoms with van der Waals surface area (Å²) in [6.07, 6.45) is 53.5. The second kappa shape index (κ2) is 40.8. The number of hydrogen-bond donors (Lipinski definition) is 2. The predicted molar refractivity (Wildman–Crippen MR) is 248 cm³/mol. The van der Waals surface area contributed by atoms with Crippen LogP contribution in [0.2, 0.25) is 0 Å². The second-order valence-corrected chi connectivity index (χ2v) is 17.6. The first kappa shape index (κ1) is 51.7. The molecule has 324 valence electrons. The zero-order chi connectivity index (χ0) is 39.7. The molecule has 1 rings (SSSR count). The van der Waals surface area contributed by atoms with E-state index in [1.54, 1.807) is 6.33 Å². The predicted octanol–water partition coefficient (Wildman–Crippen LogP) is 16.2. The Balaban J connectivity index is 2.39. The van der Waals surface area contributed by atoms with Gasteiger partial charge in [0.05, 0.1) is 11.9 Å². The van der Waals surface area contributed by atoms with Crippen LogP contribution in [0.3, 0.4) is 0 Å². The van der Waals surface area contributed by atoms with Crippen LogP contribution in [0.1, 0.15) is 252 Å². The molecule has 0 bridgehead atoms. The second-order valence-electron chi connectivity index (χ2n) is 17.6. The van der Waals surface area contributed by atoms with Crippen molar-refractivity contribution < 1.29 is 0 Å². The van der Waals surface area contributed by atoms with E-state index in [9.17, 15) is 0 Å². The Morgan fingerprint density at radius 3 is 1.27 bits per heavy atom. The lowest BCUT2D eigenvalue weighted by molar-refractivity contribution is 0.259. The molecule has 5 heteroatoms. The van der Waals surface area contributed by atoms with Gasteiger partial charge in [0, 0.05) is 13.6 Å². The molecule has 1 aromatic heterocycles. The monoisotopic (exact) mass is 770 g/mol. The Hall–Kier alpha value is -1.36. The maximum atomic E-state index is 4.45. The molecule has 0 aliphatic carbocycles. The Labute approximate surface area is 346 Å². The number of unbranched alkanes of at least 4 members (excludes halogenated alkanes) is 23. The van der Waals surface area contributed by atoms with E-state index in [0.717, 1.165) is 36.3 Å². The third-order valence-corrected chi connectivity index (χ3v) is 12.6. The molecule has 0 amide bonds. The van der Waals surface area contributed by atoms with Gasteiger partial charge in [-0.25, -0.2) is 9.97 Å². The lowest BCUT2D eigenvalue weighted by Crippen LogP contribution is -2.28. The van der Waals surface area contributed by atoms with Gasteiger partial charge in [0.15, 0.2) is 5.82 Å². The SMILES string of the molecule is CCCCCCCCC(CC)CCCCCCCN(CCCCCCCC(CCCCCCCC)CCCCCCCC)CCCNc1ncncc1NC. The molecule has 5 nitrogen and oxygen atoms in total. The van der Waals surface area contributed by atoms with Gasteiger partial charge in [0.1, 0.15) is 6.33 Å². The van der Waals surface area contributed by atoms with Crippen LogP contribution in [0.4, 0.5) is 11.5 Å². The van der Waals surface area contributed by atoms with Crippen LogP contribution < -0.4 is 10.6 Å². The van der Waals surface area contributed by atoms with Gasteiger partial charge in [-0.05, 0) is 50.7 Å². The summed E-state index contributed by atoms with van der Waals surface area (Å²) in [6.45, 7) is 14.1. The molecule has 0 spiro atoms. The van der Waals surface area contributed by atoms with E-state index < -0.39 is 0 Å². The molecule has 1 aromatic rings. The number of hydrogen-bond acceptors (Lipinski definition) is 5. The van der Waals surface area contributed by atoms with E-state index in [1.807, 2.05) is 13.2 Å². The van der Waals surface area contributed by atoms with Gasteiger partial charge in [-0.2, -0.15) is 0 Å². The minimum atomic E-state index is 0.919. The lowest BCUT2D eigenvalue weighted by atomic mass is 9.89. The Kier molecular flexibility index (Phi) is 38.3. The normalized spacial score (nSPS) is 12.3. The Morgan fingerprint density at radius 1 is 0.473 bits per heavy atom. The molecule has 2 N–H and O–H groups in total. The van der Waals surface area contributed by atoms with Crippen molar-refractivity contribution in [1.29, 1.82) is 0 Å². The van der Waals surface area contributed by atoms with Gasteiger partial charge in [-0.1, -0.05) is 233 Å². The maximum absolute atomic E-state index is 4.45. The zero-order valence-corrected chi connectivity index (χ0v) is 38.2. The van der Waals surface area contributed by atoms with Crippen LogP contribution in [0.5, 0.6) is 0 Å². The van der Waals surface area contributed by atoms with E-state index in [2.05, 4.69) is 53.2 Å². The largest absolute Gasteiger partial charge is 0.384 e.